The highest BCUT2D eigenvalue weighted by Crippen LogP contribution is 2.31. The van der Waals surface area contributed by atoms with Gasteiger partial charge in [-0.15, -0.1) is 5.06 Å². The van der Waals surface area contributed by atoms with Crippen molar-refractivity contribution in [2.45, 2.75) is 43.5 Å². The molecule has 29 heavy (non-hydrogen) atoms. The second-order valence-corrected chi connectivity index (χ2v) is 10.7. The highest BCUT2D eigenvalue weighted by atomic mass is 33.1. The fourth-order valence-electron chi connectivity index (χ4n) is 2.16. The Morgan fingerprint density at radius 1 is 1.28 bits per heavy atom. The number of hydrogen-bond acceptors (Lipinski definition) is 11. The first-order valence-corrected chi connectivity index (χ1v) is 12.5. The summed E-state index contributed by atoms with van der Waals surface area (Å²) in [5, 5.41) is 8.55. The average molecular weight is 469 g/mol. The van der Waals surface area contributed by atoms with Gasteiger partial charge in [-0.1, -0.05) is 21.6 Å². The summed E-state index contributed by atoms with van der Waals surface area (Å²) in [5.74, 6) is -2.34. The number of carbonyl (C=O) groups is 4. The van der Waals surface area contributed by atoms with Gasteiger partial charge in [-0.2, -0.15) is 18.6 Å². The van der Waals surface area contributed by atoms with Crippen LogP contribution in [0.4, 0.5) is 0 Å². The number of carbonyl (C=O) groups excluding carboxylic acids is 4. The molecule has 0 bridgehead atoms. The van der Waals surface area contributed by atoms with Crippen LogP contribution < -0.4 is 5.32 Å². The number of hydroxylamine groups is 2. The van der Waals surface area contributed by atoms with Crippen molar-refractivity contribution >= 4 is 55.4 Å². The lowest BCUT2D eigenvalue weighted by Gasteiger charge is -2.13. The molecule has 12 nitrogen and oxygen atoms in total. The van der Waals surface area contributed by atoms with Crippen LogP contribution in [0.5, 0.6) is 0 Å². The molecule has 2 heterocycles. The smallest absolute Gasteiger partial charge is 0.334 e. The molecular weight excluding hydrogens is 448 g/mol. The van der Waals surface area contributed by atoms with Crippen molar-refractivity contribution in [2.24, 2.45) is 10.2 Å². The average Bonchev–Trinajstić information content (AvgIpc) is 3.30. The summed E-state index contributed by atoms with van der Waals surface area (Å²) in [5.41, 5.74) is -0.395. The van der Waals surface area contributed by atoms with Crippen LogP contribution in [0.1, 0.15) is 32.6 Å². The van der Waals surface area contributed by atoms with Crippen molar-refractivity contribution < 1.29 is 37.0 Å². The van der Waals surface area contributed by atoms with Crippen LogP contribution in [0, 0.1) is 0 Å². The maximum absolute atomic E-state index is 11.7. The van der Waals surface area contributed by atoms with E-state index in [1.807, 2.05) is 6.92 Å². The van der Waals surface area contributed by atoms with Crippen molar-refractivity contribution in [3.05, 3.63) is 0 Å². The molecule has 1 fully saturated rings. The Labute approximate surface area is 174 Å². The van der Waals surface area contributed by atoms with Crippen LogP contribution in [0.25, 0.3) is 0 Å². The Bertz CT molecular complexity index is 810. The first-order valence-electron chi connectivity index (χ1n) is 8.51. The van der Waals surface area contributed by atoms with E-state index in [-0.39, 0.29) is 17.4 Å². The third-order valence-corrected chi connectivity index (χ3v) is 7.36. The molecule has 0 aromatic carbocycles. The van der Waals surface area contributed by atoms with Gasteiger partial charge in [-0.25, -0.2) is 4.79 Å². The molecule has 0 unspecified atom stereocenters. The molecule has 0 aromatic heterocycles. The fourth-order valence-corrected chi connectivity index (χ4v) is 4.74. The van der Waals surface area contributed by atoms with Gasteiger partial charge in [0.2, 0.25) is 5.91 Å². The van der Waals surface area contributed by atoms with E-state index in [4.69, 9.17) is 4.55 Å². The van der Waals surface area contributed by atoms with Gasteiger partial charge in [0.05, 0.1) is 12.8 Å². The third-order valence-electron chi connectivity index (χ3n) is 3.86. The van der Waals surface area contributed by atoms with E-state index in [0.717, 1.165) is 0 Å². The van der Waals surface area contributed by atoms with E-state index >= 15 is 0 Å². The normalized spacial score (nSPS) is 20.1. The van der Waals surface area contributed by atoms with E-state index in [1.54, 1.807) is 0 Å². The number of imide groups is 1. The van der Waals surface area contributed by atoms with Crippen LogP contribution in [-0.4, -0.2) is 70.7 Å². The minimum atomic E-state index is -4.75. The Balaban J connectivity index is 1.53. The first kappa shape index (κ1) is 23.6. The SMILES string of the molecule is CC1(CCC(=O)NCCSSCCC(=O)ON2C(=O)C[C@H](S(=O)(=O)O)C2=O)N=N1. The Morgan fingerprint density at radius 2 is 1.93 bits per heavy atom. The van der Waals surface area contributed by atoms with Gasteiger partial charge in [-0.3, -0.25) is 18.9 Å². The predicted octanol–water partition coefficient (Wildman–Crippen LogP) is 0.310. The van der Waals surface area contributed by atoms with E-state index in [9.17, 15) is 27.6 Å². The minimum absolute atomic E-state index is 0.0801. The maximum atomic E-state index is 11.7. The van der Waals surface area contributed by atoms with Crippen molar-refractivity contribution in [3.8, 4) is 0 Å². The standard InChI is InChI=1S/C14H20N4O8S3/c1-14(16-17-14)4-2-10(19)15-5-7-28-27-6-3-12(21)26-18-11(20)8-9(13(18)22)29(23,24)25/h9H,2-8H2,1H3,(H,15,19)(H,23,24,25)/t9-/m0/s1. The monoisotopic (exact) mass is 468 g/mol. The Kier molecular flexibility index (Phi) is 8.02. The molecular formula is C14H20N4O8S3. The lowest BCUT2D eigenvalue weighted by atomic mass is 10.1. The molecule has 1 atom stereocenters. The van der Waals surface area contributed by atoms with Crippen molar-refractivity contribution in [1.82, 2.24) is 10.4 Å². The number of amides is 3. The number of nitrogens with zero attached hydrogens (tertiary/aromatic N) is 3. The van der Waals surface area contributed by atoms with Crippen LogP contribution in [0.2, 0.25) is 0 Å². The van der Waals surface area contributed by atoms with E-state index in [2.05, 4.69) is 20.4 Å². The van der Waals surface area contributed by atoms with Crippen LogP contribution in [-0.2, 0) is 34.1 Å². The van der Waals surface area contributed by atoms with Gasteiger partial charge < -0.3 is 10.2 Å². The van der Waals surface area contributed by atoms with Gasteiger partial charge in [0.25, 0.3) is 21.9 Å². The molecule has 2 aliphatic rings. The summed E-state index contributed by atoms with van der Waals surface area (Å²) >= 11 is 0. The van der Waals surface area contributed by atoms with Crippen molar-refractivity contribution in [3.63, 3.8) is 0 Å². The summed E-state index contributed by atoms with van der Waals surface area (Å²) in [7, 11) is -1.99. The lowest BCUT2D eigenvalue weighted by molar-refractivity contribution is -0.197. The molecule has 0 aliphatic carbocycles. The molecule has 3 amide bonds. The molecule has 162 valence electrons. The maximum Gasteiger partial charge on any atom is 0.334 e. The Hall–Kier alpha value is -1.71. The summed E-state index contributed by atoms with van der Waals surface area (Å²) < 4.78 is 30.9. The topological polar surface area (TPSA) is 172 Å². The molecule has 0 radical (unpaired) electrons. The molecule has 0 aromatic rings. The van der Waals surface area contributed by atoms with Gasteiger partial charge in [0.1, 0.15) is 0 Å². The summed E-state index contributed by atoms with van der Waals surface area (Å²) in [6, 6.07) is 0. The lowest BCUT2D eigenvalue weighted by Crippen LogP contribution is -2.36. The second-order valence-electron chi connectivity index (χ2n) is 6.36. The minimum Gasteiger partial charge on any atom is -0.355 e. The fraction of sp³-hybridized carbons (Fsp3) is 0.714. The summed E-state index contributed by atoms with van der Waals surface area (Å²) in [6.45, 7) is 2.31. The van der Waals surface area contributed by atoms with Gasteiger partial charge in [0, 0.05) is 30.9 Å². The molecule has 2 N–H and O–H groups in total. The van der Waals surface area contributed by atoms with E-state index in [0.29, 0.717) is 30.9 Å². The van der Waals surface area contributed by atoms with Gasteiger partial charge >= 0.3 is 5.97 Å². The number of hydrogen-bond donors (Lipinski definition) is 2. The van der Waals surface area contributed by atoms with Crippen molar-refractivity contribution in [1.29, 1.82) is 0 Å². The second kappa shape index (κ2) is 9.86. The van der Waals surface area contributed by atoms with Crippen molar-refractivity contribution in [2.75, 3.05) is 18.1 Å². The van der Waals surface area contributed by atoms with Gasteiger partial charge in [0.15, 0.2) is 10.9 Å². The quantitative estimate of drug-likeness (QED) is 0.176. The molecule has 0 spiro atoms. The van der Waals surface area contributed by atoms with Crippen LogP contribution in [0.15, 0.2) is 10.2 Å². The zero-order valence-electron chi connectivity index (χ0n) is 15.4. The number of rotatable bonds is 12. The number of nitrogens with one attached hydrogen (secondary N) is 1. The van der Waals surface area contributed by atoms with Crippen LogP contribution >= 0.6 is 21.6 Å². The molecule has 1 saturated heterocycles. The molecule has 0 saturated carbocycles. The first-order chi connectivity index (χ1) is 13.5. The predicted molar refractivity (Wildman–Crippen MR) is 103 cm³/mol. The summed E-state index contributed by atoms with van der Waals surface area (Å²) in [4.78, 5) is 51.3. The Morgan fingerprint density at radius 3 is 2.52 bits per heavy atom. The van der Waals surface area contributed by atoms with E-state index in [1.165, 1.54) is 21.6 Å². The zero-order chi connectivity index (χ0) is 21.7. The van der Waals surface area contributed by atoms with Crippen LogP contribution in [0.3, 0.4) is 0 Å². The summed E-state index contributed by atoms with van der Waals surface area (Å²) in [6.07, 6.45) is 0.0304. The van der Waals surface area contributed by atoms with E-state index < -0.39 is 45.2 Å². The van der Waals surface area contributed by atoms with Gasteiger partial charge in [-0.05, 0) is 6.92 Å². The largest absolute Gasteiger partial charge is 0.355 e. The zero-order valence-corrected chi connectivity index (χ0v) is 17.8. The molecule has 2 rings (SSSR count). The third kappa shape index (κ3) is 7.56. The molecule has 15 heteroatoms. The highest BCUT2D eigenvalue weighted by Gasteiger charge is 2.48. The highest BCUT2D eigenvalue weighted by molar-refractivity contribution is 8.76. The molecule has 2 aliphatic heterocycles.